The molecular weight excluding hydrogens is 231 g/mol. The molecule has 0 fully saturated rings. The summed E-state index contributed by atoms with van der Waals surface area (Å²) in [6, 6.07) is 6.22. The molecule has 0 aliphatic heterocycles. The van der Waals surface area contributed by atoms with E-state index in [1.807, 2.05) is 0 Å². The van der Waals surface area contributed by atoms with Gasteiger partial charge < -0.3 is 4.74 Å². The molecule has 0 radical (unpaired) electrons. The molecule has 0 saturated carbocycles. The lowest BCUT2D eigenvalue weighted by atomic mass is 10.1. The van der Waals surface area contributed by atoms with Crippen molar-refractivity contribution < 1.29 is 17.9 Å². The molecule has 0 unspecified atom stereocenters. The summed E-state index contributed by atoms with van der Waals surface area (Å²) in [4.78, 5) is 3.46. The van der Waals surface area contributed by atoms with Gasteiger partial charge in [0.25, 0.3) is 0 Å². The fourth-order valence-electron chi connectivity index (χ4n) is 1.44. The fourth-order valence-corrected chi connectivity index (χ4v) is 1.44. The molecule has 88 valence electrons. The Balaban J connectivity index is 2.57. The van der Waals surface area contributed by atoms with E-state index in [2.05, 4.69) is 4.98 Å². The fraction of sp³-hybridized carbons (Fsp3) is 0.0833. The van der Waals surface area contributed by atoms with Crippen LogP contribution in [-0.2, 0) is 0 Å². The van der Waals surface area contributed by atoms with E-state index in [4.69, 9.17) is 4.74 Å². The van der Waals surface area contributed by atoms with Gasteiger partial charge in [0.1, 0.15) is 0 Å². The monoisotopic (exact) mass is 239 g/mol. The van der Waals surface area contributed by atoms with Crippen LogP contribution in [0.4, 0.5) is 13.2 Å². The maximum absolute atomic E-state index is 13.6. The van der Waals surface area contributed by atoms with Crippen LogP contribution in [0.15, 0.2) is 30.3 Å². The van der Waals surface area contributed by atoms with Crippen LogP contribution < -0.4 is 4.74 Å². The highest BCUT2D eigenvalue weighted by atomic mass is 19.2. The van der Waals surface area contributed by atoms with Crippen LogP contribution in [0.3, 0.4) is 0 Å². The van der Waals surface area contributed by atoms with Gasteiger partial charge in [-0.3, -0.25) is 0 Å². The molecule has 0 N–H and O–H groups in total. The van der Waals surface area contributed by atoms with Crippen molar-refractivity contribution in [2.24, 2.45) is 0 Å². The van der Waals surface area contributed by atoms with Crippen LogP contribution >= 0.6 is 0 Å². The Morgan fingerprint density at radius 3 is 2.41 bits per heavy atom. The molecule has 17 heavy (non-hydrogen) atoms. The molecule has 1 heterocycles. The Kier molecular flexibility index (Phi) is 2.99. The predicted octanol–water partition coefficient (Wildman–Crippen LogP) is 3.17. The highest BCUT2D eigenvalue weighted by Crippen LogP contribution is 2.27. The number of benzene rings is 1. The average Bonchev–Trinajstić information content (AvgIpc) is 2.33. The topological polar surface area (TPSA) is 22.1 Å². The van der Waals surface area contributed by atoms with Gasteiger partial charge in [-0.05, 0) is 12.1 Å². The smallest absolute Gasteiger partial charge is 0.224 e. The molecule has 2 rings (SSSR count). The lowest BCUT2D eigenvalue weighted by Gasteiger charge is -2.06. The highest BCUT2D eigenvalue weighted by Gasteiger charge is 2.14. The minimum atomic E-state index is -1.10. The van der Waals surface area contributed by atoms with Gasteiger partial charge in [0.15, 0.2) is 11.6 Å². The summed E-state index contributed by atoms with van der Waals surface area (Å²) in [5.74, 6) is -2.96. The average molecular weight is 239 g/mol. The Labute approximate surface area is 95.7 Å². The summed E-state index contributed by atoms with van der Waals surface area (Å²) in [7, 11) is 1.34. The van der Waals surface area contributed by atoms with Crippen LogP contribution in [0, 0.1) is 17.6 Å². The van der Waals surface area contributed by atoms with Gasteiger partial charge in [-0.2, -0.15) is 9.37 Å². The third kappa shape index (κ3) is 2.08. The summed E-state index contributed by atoms with van der Waals surface area (Å²) < 4.78 is 44.7. The van der Waals surface area contributed by atoms with E-state index in [1.165, 1.54) is 31.4 Å². The van der Waals surface area contributed by atoms with Crippen molar-refractivity contribution in [3.63, 3.8) is 0 Å². The van der Waals surface area contributed by atoms with Crippen LogP contribution in [0.1, 0.15) is 0 Å². The zero-order chi connectivity index (χ0) is 12.4. The number of methoxy groups -OCH3 is 1. The number of pyridine rings is 1. The molecule has 0 aliphatic rings. The molecule has 0 spiro atoms. The van der Waals surface area contributed by atoms with Crippen molar-refractivity contribution >= 4 is 0 Å². The number of nitrogens with zero attached hydrogens (tertiary/aromatic N) is 1. The van der Waals surface area contributed by atoms with Gasteiger partial charge in [-0.15, -0.1) is 0 Å². The Morgan fingerprint density at radius 2 is 1.76 bits per heavy atom. The zero-order valence-electron chi connectivity index (χ0n) is 8.88. The second-order valence-corrected chi connectivity index (χ2v) is 3.29. The molecule has 1 aromatic carbocycles. The molecule has 0 aliphatic carbocycles. The molecule has 1 aromatic heterocycles. The van der Waals surface area contributed by atoms with Crippen LogP contribution in [-0.4, -0.2) is 12.1 Å². The van der Waals surface area contributed by atoms with Crippen LogP contribution in [0.25, 0.3) is 11.1 Å². The number of rotatable bonds is 2. The standard InChI is InChI=1S/C12H8F3NO/c1-17-10-6-5-8(12(15)16-10)7-3-2-4-9(13)11(7)14/h2-6H,1H3. The Bertz CT molecular complexity index is 557. The summed E-state index contributed by atoms with van der Waals surface area (Å²) in [6.07, 6.45) is 0. The number of aromatic nitrogens is 1. The molecule has 0 amide bonds. The first-order chi connectivity index (χ1) is 8.13. The van der Waals surface area contributed by atoms with Crippen molar-refractivity contribution in [3.8, 4) is 17.0 Å². The van der Waals surface area contributed by atoms with Gasteiger partial charge in [0.2, 0.25) is 11.8 Å². The second-order valence-electron chi connectivity index (χ2n) is 3.29. The minimum Gasteiger partial charge on any atom is -0.481 e. The van der Waals surface area contributed by atoms with Gasteiger partial charge in [-0.1, -0.05) is 12.1 Å². The maximum Gasteiger partial charge on any atom is 0.224 e. The van der Waals surface area contributed by atoms with Crippen molar-refractivity contribution in [3.05, 3.63) is 47.9 Å². The first-order valence-electron chi connectivity index (χ1n) is 4.78. The van der Waals surface area contributed by atoms with Crippen molar-refractivity contribution in [1.29, 1.82) is 0 Å². The predicted molar refractivity (Wildman–Crippen MR) is 56.1 cm³/mol. The normalized spacial score (nSPS) is 10.4. The zero-order valence-corrected chi connectivity index (χ0v) is 8.88. The first kappa shape index (κ1) is 11.4. The van der Waals surface area contributed by atoms with E-state index in [1.54, 1.807) is 0 Å². The van der Waals surface area contributed by atoms with E-state index in [9.17, 15) is 13.2 Å². The largest absolute Gasteiger partial charge is 0.481 e. The van der Waals surface area contributed by atoms with Gasteiger partial charge in [-0.25, -0.2) is 8.78 Å². The summed E-state index contributed by atoms with van der Waals surface area (Å²) in [5, 5.41) is 0. The van der Waals surface area contributed by atoms with Gasteiger partial charge in [0.05, 0.1) is 7.11 Å². The third-order valence-corrected chi connectivity index (χ3v) is 2.27. The summed E-state index contributed by atoms with van der Waals surface area (Å²) >= 11 is 0. The lowest BCUT2D eigenvalue weighted by Crippen LogP contribution is -1.96. The SMILES string of the molecule is COc1ccc(-c2cccc(F)c2F)c(F)n1. The molecule has 2 nitrogen and oxygen atoms in total. The van der Waals surface area contributed by atoms with Crippen molar-refractivity contribution in [2.75, 3.05) is 7.11 Å². The Morgan fingerprint density at radius 1 is 1.00 bits per heavy atom. The Hall–Kier alpha value is -2.04. The minimum absolute atomic E-state index is 0.0723. The highest BCUT2D eigenvalue weighted by molar-refractivity contribution is 5.64. The lowest BCUT2D eigenvalue weighted by molar-refractivity contribution is 0.388. The van der Waals surface area contributed by atoms with E-state index in [0.29, 0.717) is 0 Å². The number of halogens is 3. The number of hydrogen-bond donors (Lipinski definition) is 0. The summed E-state index contributed by atoms with van der Waals surface area (Å²) in [5.41, 5.74) is -0.277. The van der Waals surface area contributed by atoms with Crippen LogP contribution in [0.2, 0.25) is 0 Å². The molecule has 0 saturated heterocycles. The van der Waals surface area contributed by atoms with E-state index < -0.39 is 17.6 Å². The van der Waals surface area contributed by atoms with E-state index >= 15 is 0 Å². The van der Waals surface area contributed by atoms with Crippen molar-refractivity contribution in [2.45, 2.75) is 0 Å². The number of ether oxygens (including phenoxy) is 1. The third-order valence-electron chi connectivity index (χ3n) is 2.27. The van der Waals surface area contributed by atoms with Crippen LogP contribution in [0.5, 0.6) is 5.88 Å². The second kappa shape index (κ2) is 4.45. The van der Waals surface area contributed by atoms with Gasteiger partial charge >= 0.3 is 0 Å². The molecule has 0 bridgehead atoms. The molecule has 2 aromatic rings. The molecular formula is C12H8F3NO. The molecule has 5 heteroatoms. The first-order valence-corrected chi connectivity index (χ1v) is 4.78. The van der Waals surface area contributed by atoms with E-state index in [-0.39, 0.29) is 17.0 Å². The number of hydrogen-bond acceptors (Lipinski definition) is 2. The quantitative estimate of drug-likeness (QED) is 0.751. The van der Waals surface area contributed by atoms with E-state index in [0.717, 1.165) is 6.07 Å². The maximum atomic E-state index is 13.6. The summed E-state index contributed by atoms with van der Waals surface area (Å²) in [6.45, 7) is 0. The van der Waals surface area contributed by atoms with Crippen molar-refractivity contribution in [1.82, 2.24) is 4.98 Å². The molecule has 0 atom stereocenters. The van der Waals surface area contributed by atoms with Gasteiger partial charge in [0, 0.05) is 17.2 Å².